The van der Waals surface area contributed by atoms with Gasteiger partial charge in [0.1, 0.15) is 12.9 Å². The molecular formula is C19H16O4S2. The Labute approximate surface area is 153 Å². The molecule has 2 heterocycles. The van der Waals surface area contributed by atoms with Crippen molar-refractivity contribution < 1.29 is 19.4 Å². The van der Waals surface area contributed by atoms with E-state index in [-0.39, 0.29) is 6.61 Å². The van der Waals surface area contributed by atoms with Crippen LogP contribution in [0.15, 0.2) is 65.4 Å². The Kier molecular flexibility index (Phi) is 5.43. The molecule has 4 nitrogen and oxygen atoms in total. The monoisotopic (exact) mass is 372 g/mol. The minimum Gasteiger partial charge on any atom is -0.462 e. The molecule has 0 aliphatic rings. The van der Waals surface area contributed by atoms with Crippen molar-refractivity contribution in [2.24, 2.45) is 0 Å². The zero-order valence-electron chi connectivity index (χ0n) is 13.2. The Morgan fingerprint density at radius 3 is 2.12 bits per heavy atom. The van der Waals surface area contributed by atoms with Crippen LogP contribution in [0.5, 0.6) is 0 Å². The molecule has 0 aliphatic carbocycles. The van der Waals surface area contributed by atoms with Gasteiger partial charge in [0.15, 0.2) is 0 Å². The second-order valence-electron chi connectivity index (χ2n) is 5.42. The number of aliphatic hydroxyl groups is 1. The number of aldehydes is 1. The minimum absolute atomic E-state index is 0.120. The minimum atomic E-state index is -1.85. The van der Waals surface area contributed by atoms with Gasteiger partial charge in [-0.1, -0.05) is 42.5 Å². The van der Waals surface area contributed by atoms with Crippen molar-refractivity contribution in [1.82, 2.24) is 0 Å². The number of carbonyl (C=O) groups is 2. The SMILES string of the molecule is O=CC(COC(=O)C(O)(c1cccs1)c1cccs1)c1ccccc1. The normalized spacial score (nSPS) is 12.5. The Balaban J connectivity index is 1.81. The highest BCUT2D eigenvalue weighted by atomic mass is 32.1. The van der Waals surface area contributed by atoms with Crippen LogP contribution in [0.25, 0.3) is 0 Å². The average Bonchev–Trinajstić information content (AvgIpc) is 3.36. The maximum absolute atomic E-state index is 12.7. The van der Waals surface area contributed by atoms with Gasteiger partial charge in [0.05, 0.1) is 15.7 Å². The maximum Gasteiger partial charge on any atom is 0.349 e. The van der Waals surface area contributed by atoms with E-state index in [9.17, 15) is 14.7 Å². The van der Waals surface area contributed by atoms with E-state index in [1.165, 1.54) is 22.7 Å². The molecule has 0 amide bonds. The van der Waals surface area contributed by atoms with Gasteiger partial charge in [0.25, 0.3) is 0 Å². The molecule has 3 rings (SSSR count). The number of thiophene rings is 2. The molecule has 0 bridgehead atoms. The molecule has 3 aromatic rings. The fourth-order valence-electron chi connectivity index (χ4n) is 2.48. The van der Waals surface area contributed by atoms with Gasteiger partial charge in [-0.2, -0.15) is 0 Å². The number of carbonyl (C=O) groups excluding carboxylic acids is 2. The summed E-state index contributed by atoms with van der Waals surface area (Å²) in [5.41, 5.74) is -1.09. The van der Waals surface area contributed by atoms with Crippen molar-refractivity contribution in [3.63, 3.8) is 0 Å². The highest BCUT2D eigenvalue weighted by molar-refractivity contribution is 7.12. The summed E-state index contributed by atoms with van der Waals surface area (Å²) < 4.78 is 5.36. The summed E-state index contributed by atoms with van der Waals surface area (Å²) in [5.74, 6) is -1.35. The Morgan fingerprint density at radius 2 is 1.64 bits per heavy atom. The third-order valence-corrected chi connectivity index (χ3v) is 5.79. The van der Waals surface area contributed by atoms with E-state index >= 15 is 0 Å². The van der Waals surface area contributed by atoms with Crippen LogP contribution < -0.4 is 0 Å². The summed E-state index contributed by atoms with van der Waals surface area (Å²) in [5, 5.41) is 14.7. The molecule has 0 spiro atoms. The zero-order chi connectivity index (χ0) is 17.7. The van der Waals surface area contributed by atoms with E-state index in [0.717, 1.165) is 11.8 Å². The molecular weight excluding hydrogens is 356 g/mol. The smallest absolute Gasteiger partial charge is 0.349 e. The lowest BCUT2D eigenvalue weighted by molar-refractivity contribution is -0.162. The molecule has 128 valence electrons. The van der Waals surface area contributed by atoms with Gasteiger partial charge < -0.3 is 14.6 Å². The van der Waals surface area contributed by atoms with Crippen LogP contribution in [0.1, 0.15) is 21.2 Å². The summed E-state index contributed by atoms with van der Waals surface area (Å²) in [6.07, 6.45) is 0.748. The highest BCUT2D eigenvalue weighted by Crippen LogP contribution is 2.36. The third-order valence-electron chi connectivity index (χ3n) is 3.84. The lowest BCUT2D eigenvalue weighted by Gasteiger charge is -2.24. The van der Waals surface area contributed by atoms with Crippen LogP contribution in [0.4, 0.5) is 0 Å². The molecule has 0 fully saturated rings. The van der Waals surface area contributed by atoms with Crippen molar-refractivity contribution in [1.29, 1.82) is 0 Å². The fourth-order valence-corrected chi connectivity index (χ4v) is 4.19. The maximum atomic E-state index is 12.7. The average molecular weight is 372 g/mol. The Morgan fingerprint density at radius 1 is 1.04 bits per heavy atom. The quantitative estimate of drug-likeness (QED) is 0.509. The zero-order valence-corrected chi connectivity index (χ0v) is 14.8. The first-order valence-electron chi connectivity index (χ1n) is 7.64. The topological polar surface area (TPSA) is 63.6 Å². The standard InChI is InChI=1S/C19H16O4S2/c20-12-15(14-6-2-1-3-7-14)13-23-18(21)19(22,16-8-4-10-24-16)17-9-5-11-25-17/h1-12,15,22H,13H2. The molecule has 2 aromatic heterocycles. The van der Waals surface area contributed by atoms with Gasteiger partial charge in [-0.25, -0.2) is 4.79 Å². The first-order chi connectivity index (χ1) is 12.2. The van der Waals surface area contributed by atoms with Crippen LogP contribution in [0.2, 0.25) is 0 Å². The Bertz CT molecular complexity index is 776. The van der Waals surface area contributed by atoms with Crippen LogP contribution >= 0.6 is 22.7 Å². The van der Waals surface area contributed by atoms with E-state index in [0.29, 0.717) is 9.75 Å². The van der Waals surface area contributed by atoms with Gasteiger partial charge in [0, 0.05) is 0 Å². The van der Waals surface area contributed by atoms with Crippen molar-refractivity contribution in [2.45, 2.75) is 11.5 Å². The second-order valence-corrected chi connectivity index (χ2v) is 7.31. The van der Waals surface area contributed by atoms with Crippen molar-refractivity contribution >= 4 is 34.9 Å². The number of benzene rings is 1. The van der Waals surface area contributed by atoms with E-state index in [2.05, 4.69) is 0 Å². The van der Waals surface area contributed by atoms with Crippen LogP contribution in [0.3, 0.4) is 0 Å². The number of rotatable bonds is 7. The summed E-state index contributed by atoms with van der Waals surface area (Å²) in [6, 6.07) is 16.0. The number of esters is 1. The number of hydrogen-bond acceptors (Lipinski definition) is 6. The molecule has 0 saturated carbocycles. The predicted molar refractivity (Wildman–Crippen MR) is 97.8 cm³/mol. The number of hydrogen-bond donors (Lipinski definition) is 1. The third kappa shape index (κ3) is 3.56. The highest BCUT2D eigenvalue weighted by Gasteiger charge is 2.44. The summed E-state index contributed by atoms with van der Waals surface area (Å²) in [4.78, 5) is 25.1. The molecule has 1 aromatic carbocycles. The van der Waals surface area contributed by atoms with Crippen LogP contribution in [-0.2, 0) is 19.9 Å². The Hall–Kier alpha value is -2.28. The molecule has 6 heteroatoms. The fraction of sp³-hybridized carbons (Fsp3) is 0.158. The van der Waals surface area contributed by atoms with Crippen LogP contribution in [0, 0.1) is 0 Å². The van der Waals surface area contributed by atoms with E-state index in [1.807, 2.05) is 18.2 Å². The van der Waals surface area contributed by atoms with E-state index < -0.39 is 17.5 Å². The van der Waals surface area contributed by atoms with Crippen molar-refractivity contribution in [2.75, 3.05) is 6.61 Å². The predicted octanol–water partition coefficient (Wildman–Crippen LogP) is 3.57. The molecule has 0 radical (unpaired) electrons. The molecule has 0 saturated heterocycles. The summed E-state index contributed by atoms with van der Waals surface area (Å²) in [6.45, 7) is -0.120. The van der Waals surface area contributed by atoms with Crippen molar-refractivity contribution in [3.8, 4) is 0 Å². The summed E-state index contributed by atoms with van der Waals surface area (Å²) >= 11 is 2.56. The number of ether oxygens (including phenoxy) is 1. The van der Waals surface area contributed by atoms with Gasteiger partial charge >= 0.3 is 5.97 Å². The second kappa shape index (κ2) is 7.74. The van der Waals surface area contributed by atoms with E-state index in [4.69, 9.17) is 4.74 Å². The van der Waals surface area contributed by atoms with Gasteiger partial charge in [-0.05, 0) is 28.5 Å². The molecule has 0 aliphatic heterocycles. The lowest BCUT2D eigenvalue weighted by atomic mass is 9.99. The molecule has 1 N–H and O–H groups in total. The van der Waals surface area contributed by atoms with Crippen molar-refractivity contribution in [3.05, 3.63) is 80.7 Å². The van der Waals surface area contributed by atoms with Gasteiger partial charge in [-0.3, -0.25) is 0 Å². The molecule has 25 heavy (non-hydrogen) atoms. The lowest BCUT2D eigenvalue weighted by Crippen LogP contribution is -2.37. The molecule has 1 unspecified atom stereocenters. The van der Waals surface area contributed by atoms with Gasteiger partial charge in [0.2, 0.25) is 5.60 Å². The molecule has 1 atom stereocenters. The first kappa shape index (κ1) is 17.5. The van der Waals surface area contributed by atoms with Gasteiger partial charge in [-0.15, -0.1) is 22.7 Å². The van der Waals surface area contributed by atoms with E-state index in [1.54, 1.807) is 47.2 Å². The largest absolute Gasteiger partial charge is 0.462 e. The first-order valence-corrected chi connectivity index (χ1v) is 9.40. The summed E-state index contributed by atoms with van der Waals surface area (Å²) in [7, 11) is 0. The van der Waals surface area contributed by atoms with Crippen LogP contribution in [-0.4, -0.2) is 24.0 Å².